The normalized spacial score (nSPS) is 25.0. The maximum atomic E-state index is 12.7. The fraction of sp³-hybridized carbons (Fsp3) is 0.412. The first-order valence-corrected chi connectivity index (χ1v) is 7.76. The number of carbonyl (C=O) groups is 1. The van der Waals surface area contributed by atoms with Gasteiger partial charge in [-0.05, 0) is 24.3 Å². The molecular weight excluding hydrogens is 276 g/mol. The van der Waals surface area contributed by atoms with Gasteiger partial charge in [-0.1, -0.05) is 0 Å². The molecule has 22 heavy (non-hydrogen) atoms. The fourth-order valence-corrected chi connectivity index (χ4v) is 3.72. The van der Waals surface area contributed by atoms with Crippen molar-refractivity contribution in [3.8, 4) is 0 Å². The third-order valence-electron chi connectivity index (χ3n) is 4.91. The number of hydrogen-bond acceptors (Lipinski definition) is 3. The van der Waals surface area contributed by atoms with Crippen LogP contribution in [0.5, 0.6) is 0 Å². The molecule has 114 valence electrons. The largest absolute Gasteiger partial charge is 0.353 e. The van der Waals surface area contributed by atoms with Crippen molar-refractivity contribution in [3.05, 3.63) is 48.5 Å². The molecule has 2 aromatic rings. The van der Waals surface area contributed by atoms with Gasteiger partial charge in [-0.3, -0.25) is 14.7 Å². The van der Waals surface area contributed by atoms with E-state index in [2.05, 4.69) is 39.8 Å². The summed E-state index contributed by atoms with van der Waals surface area (Å²) in [4.78, 5) is 21.1. The number of anilines is 1. The van der Waals surface area contributed by atoms with Crippen LogP contribution in [-0.2, 0) is 18.4 Å². The highest BCUT2D eigenvalue weighted by atomic mass is 16.2. The second-order valence-electron chi connectivity index (χ2n) is 6.33. The number of nitrogens with zero attached hydrogens (tertiary/aromatic N) is 4. The average Bonchev–Trinajstić information content (AvgIpc) is 3.19. The Balaban J connectivity index is 1.45. The second kappa shape index (κ2) is 5.25. The summed E-state index contributed by atoms with van der Waals surface area (Å²) in [6.45, 7) is 3.61. The molecule has 0 aromatic carbocycles. The lowest BCUT2D eigenvalue weighted by Gasteiger charge is -2.21. The van der Waals surface area contributed by atoms with E-state index >= 15 is 0 Å². The summed E-state index contributed by atoms with van der Waals surface area (Å²) in [5.41, 5.74) is 2.23. The van der Waals surface area contributed by atoms with Crippen molar-refractivity contribution in [1.29, 1.82) is 0 Å². The van der Waals surface area contributed by atoms with Gasteiger partial charge in [-0.2, -0.15) is 0 Å². The first-order chi connectivity index (χ1) is 10.7. The van der Waals surface area contributed by atoms with Crippen molar-refractivity contribution in [2.45, 2.75) is 6.54 Å². The Morgan fingerprint density at radius 2 is 2.14 bits per heavy atom. The zero-order valence-corrected chi connectivity index (χ0v) is 12.7. The molecule has 2 atom stereocenters. The molecule has 2 aliphatic rings. The molecule has 5 heteroatoms. The van der Waals surface area contributed by atoms with Gasteiger partial charge in [-0.25, -0.2) is 0 Å². The standard InChI is InChI=1S/C17H20N4O/c1-19-7-3-5-15(19)11-20-9-13-10-21(17(22)16(13)12-20)14-4-2-6-18-8-14/h2-8,13,16H,9-12H2,1H3/t13-,16-/m0/s1. The Bertz CT molecular complexity index is 681. The van der Waals surface area contributed by atoms with Crippen molar-refractivity contribution in [2.24, 2.45) is 18.9 Å². The predicted octanol–water partition coefficient (Wildman–Crippen LogP) is 1.51. The van der Waals surface area contributed by atoms with E-state index in [9.17, 15) is 4.79 Å². The van der Waals surface area contributed by atoms with Gasteiger partial charge in [0.15, 0.2) is 0 Å². The summed E-state index contributed by atoms with van der Waals surface area (Å²) in [6, 6.07) is 8.07. The van der Waals surface area contributed by atoms with E-state index in [1.54, 1.807) is 12.4 Å². The van der Waals surface area contributed by atoms with E-state index in [0.29, 0.717) is 5.92 Å². The number of aryl methyl sites for hydroxylation is 1. The summed E-state index contributed by atoms with van der Waals surface area (Å²) < 4.78 is 2.15. The Morgan fingerprint density at radius 1 is 1.23 bits per heavy atom. The van der Waals surface area contributed by atoms with E-state index in [-0.39, 0.29) is 11.8 Å². The molecule has 2 fully saturated rings. The van der Waals surface area contributed by atoms with Crippen LogP contribution < -0.4 is 4.90 Å². The SMILES string of the molecule is Cn1cccc1CN1C[C@H]2CN(c3cccnc3)C(=O)[C@H]2C1. The van der Waals surface area contributed by atoms with E-state index in [1.165, 1.54) is 5.69 Å². The number of carbonyl (C=O) groups excluding carboxylic acids is 1. The van der Waals surface area contributed by atoms with Gasteiger partial charge in [0.1, 0.15) is 0 Å². The minimum Gasteiger partial charge on any atom is -0.353 e. The molecule has 4 heterocycles. The molecule has 0 N–H and O–H groups in total. The Labute approximate surface area is 130 Å². The molecule has 0 radical (unpaired) electrons. The molecule has 0 bridgehead atoms. The van der Waals surface area contributed by atoms with Crippen molar-refractivity contribution < 1.29 is 4.79 Å². The van der Waals surface area contributed by atoms with Crippen molar-refractivity contribution in [3.63, 3.8) is 0 Å². The second-order valence-corrected chi connectivity index (χ2v) is 6.33. The lowest BCUT2D eigenvalue weighted by atomic mass is 10.0. The number of hydrogen-bond donors (Lipinski definition) is 0. The first-order valence-electron chi connectivity index (χ1n) is 7.76. The smallest absolute Gasteiger partial charge is 0.231 e. The summed E-state index contributed by atoms with van der Waals surface area (Å²) >= 11 is 0. The molecular formula is C17H20N4O. The molecule has 0 aliphatic carbocycles. The van der Waals surface area contributed by atoms with Gasteiger partial charge in [0.05, 0.1) is 17.8 Å². The molecule has 2 aliphatic heterocycles. The molecule has 5 nitrogen and oxygen atoms in total. The molecule has 1 amide bonds. The number of aromatic nitrogens is 2. The highest BCUT2D eigenvalue weighted by Crippen LogP contribution is 2.35. The van der Waals surface area contributed by atoms with Crippen molar-refractivity contribution in [2.75, 3.05) is 24.5 Å². The van der Waals surface area contributed by atoms with Crippen LogP contribution in [-0.4, -0.2) is 40.0 Å². The first kappa shape index (κ1) is 13.5. The van der Waals surface area contributed by atoms with Gasteiger partial charge >= 0.3 is 0 Å². The minimum absolute atomic E-state index is 0.139. The lowest BCUT2D eigenvalue weighted by molar-refractivity contribution is -0.120. The van der Waals surface area contributed by atoms with Crippen LogP contribution in [0.1, 0.15) is 5.69 Å². The molecule has 4 rings (SSSR count). The topological polar surface area (TPSA) is 41.4 Å². The molecule has 2 saturated heterocycles. The van der Waals surface area contributed by atoms with E-state index in [0.717, 1.165) is 31.9 Å². The number of pyridine rings is 1. The number of rotatable bonds is 3. The maximum absolute atomic E-state index is 12.7. The van der Waals surface area contributed by atoms with Crippen LogP contribution in [0.15, 0.2) is 42.9 Å². The van der Waals surface area contributed by atoms with E-state index < -0.39 is 0 Å². The Hall–Kier alpha value is -2.14. The lowest BCUT2D eigenvalue weighted by Crippen LogP contribution is -2.32. The zero-order valence-electron chi connectivity index (χ0n) is 12.7. The van der Waals surface area contributed by atoms with Crippen LogP contribution in [0.4, 0.5) is 5.69 Å². The quantitative estimate of drug-likeness (QED) is 0.862. The maximum Gasteiger partial charge on any atom is 0.231 e. The van der Waals surface area contributed by atoms with E-state index in [1.807, 2.05) is 17.0 Å². The predicted molar refractivity (Wildman–Crippen MR) is 84.3 cm³/mol. The minimum atomic E-state index is 0.139. The van der Waals surface area contributed by atoms with Gasteiger partial charge in [0.25, 0.3) is 0 Å². The van der Waals surface area contributed by atoms with Crippen LogP contribution in [0.2, 0.25) is 0 Å². The molecule has 2 aromatic heterocycles. The highest BCUT2D eigenvalue weighted by Gasteiger charge is 2.46. The molecule has 0 saturated carbocycles. The number of fused-ring (bicyclic) bond motifs is 1. The summed E-state index contributed by atoms with van der Waals surface area (Å²) in [7, 11) is 2.07. The average molecular weight is 296 g/mol. The van der Waals surface area contributed by atoms with Gasteiger partial charge in [0.2, 0.25) is 5.91 Å². The van der Waals surface area contributed by atoms with Crippen LogP contribution in [0.25, 0.3) is 0 Å². The highest BCUT2D eigenvalue weighted by molar-refractivity contribution is 5.97. The van der Waals surface area contributed by atoms with E-state index in [4.69, 9.17) is 0 Å². The third-order valence-corrected chi connectivity index (χ3v) is 4.91. The fourth-order valence-electron chi connectivity index (χ4n) is 3.72. The van der Waals surface area contributed by atoms with Crippen LogP contribution in [0.3, 0.4) is 0 Å². The van der Waals surface area contributed by atoms with Gasteiger partial charge < -0.3 is 9.47 Å². The molecule has 0 spiro atoms. The third kappa shape index (κ3) is 2.22. The Morgan fingerprint density at radius 3 is 2.82 bits per heavy atom. The summed E-state index contributed by atoms with van der Waals surface area (Å²) in [6.07, 6.45) is 5.59. The van der Waals surface area contributed by atoms with Crippen LogP contribution in [0, 0.1) is 11.8 Å². The number of amides is 1. The van der Waals surface area contributed by atoms with Crippen LogP contribution >= 0.6 is 0 Å². The monoisotopic (exact) mass is 296 g/mol. The Kier molecular flexibility index (Phi) is 3.22. The zero-order chi connectivity index (χ0) is 15.1. The van der Waals surface area contributed by atoms with Gasteiger partial charge in [0, 0.05) is 57.2 Å². The van der Waals surface area contributed by atoms with Crippen molar-refractivity contribution >= 4 is 11.6 Å². The summed E-state index contributed by atoms with van der Waals surface area (Å²) in [5, 5.41) is 0. The number of likely N-dealkylation sites (tertiary alicyclic amines) is 1. The molecule has 0 unspecified atom stereocenters. The van der Waals surface area contributed by atoms with Gasteiger partial charge in [-0.15, -0.1) is 0 Å². The summed E-state index contributed by atoms with van der Waals surface area (Å²) in [5.74, 6) is 0.834. The van der Waals surface area contributed by atoms with Crippen molar-refractivity contribution in [1.82, 2.24) is 14.5 Å².